The normalized spacial score (nSPS) is 12.8. The second-order valence-corrected chi connectivity index (χ2v) is 19.2. The van der Waals surface area contributed by atoms with Crippen LogP contribution in [0.1, 0.15) is 271 Å². The molecule has 0 rings (SSSR count). The molecule has 6 nitrogen and oxygen atoms in total. The Kier molecular flexibility index (Phi) is 54.9. The van der Waals surface area contributed by atoms with Crippen molar-refractivity contribution in [2.75, 3.05) is 13.2 Å². The first-order chi connectivity index (χ1) is 34.5. The lowest BCUT2D eigenvalue weighted by atomic mass is 10.0. The maximum atomic E-state index is 12.8. The van der Waals surface area contributed by atoms with Crippen LogP contribution in [0.5, 0.6) is 0 Å². The van der Waals surface area contributed by atoms with E-state index < -0.39 is 6.10 Å². The van der Waals surface area contributed by atoms with Crippen molar-refractivity contribution >= 4 is 17.9 Å². The minimum Gasteiger partial charge on any atom is -0.462 e. The van der Waals surface area contributed by atoms with E-state index in [1.807, 2.05) is 0 Å². The van der Waals surface area contributed by atoms with Crippen molar-refractivity contribution in [1.82, 2.24) is 0 Å². The van der Waals surface area contributed by atoms with E-state index in [1.54, 1.807) is 0 Å². The average molecular weight is 974 g/mol. The fourth-order valence-electron chi connectivity index (χ4n) is 7.95. The number of rotatable bonds is 52. The summed E-state index contributed by atoms with van der Waals surface area (Å²) in [7, 11) is 0. The number of hydrogen-bond donors (Lipinski definition) is 0. The molecule has 0 radical (unpaired) electrons. The van der Waals surface area contributed by atoms with Crippen molar-refractivity contribution in [2.24, 2.45) is 0 Å². The van der Waals surface area contributed by atoms with E-state index in [9.17, 15) is 14.4 Å². The maximum absolute atomic E-state index is 12.8. The largest absolute Gasteiger partial charge is 0.462 e. The molecule has 0 fully saturated rings. The van der Waals surface area contributed by atoms with Crippen LogP contribution >= 0.6 is 0 Å². The van der Waals surface area contributed by atoms with Crippen LogP contribution in [0.25, 0.3) is 0 Å². The standard InChI is InChI=1S/C64H108O6/c1-4-7-10-13-16-19-22-25-27-28-29-30-31-32-33-34-35-36-37-40-42-45-48-51-54-57-63(66)69-60-61(59-68-62(65)56-53-50-47-44-41-38-24-21-18-15-12-9-6-3)70-64(67)58-55-52-49-46-43-39-26-23-20-17-14-11-8-5-2/h7,10,16,19,23,25-27,29-30,32-33,35-36,40,42,61H,4-6,8-9,11-15,17-18,20-22,24,28,31,34,37-39,41,43-60H2,1-3H3/b10-7-,19-16-,26-23-,27-25-,30-29-,33-32-,36-35-,42-40-. The van der Waals surface area contributed by atoms with Gasteiger partial charge in [0.05, 0.1) is 0 Å². The van der Waals surface area contributed by atoms with Crippen LogP contribution < -0.4 is 0 Å². The van der Waals surface area contributed by atoms with Crippen molar-refractivity contribution < 1.29 is 28.6 Å². The first-order valence-electron chi connectivity index (χ1n) is 29.2. The number of hydrogen-bond acceptors (Lipinski definition) is 6. The third-order valence-electron chi connectivity index (χ3n) is 12.3. The summed E-state index contributed by atoms with van der Waals surface area (Å²) in [5.74, 6) is -0.928. The number of ether oxygens (including phenoxy) is 3. The van der Waals surface area contributed by atoms with E-state index in [1.165, 1.54) is 109 Å². The van der Waals surface area contributed by atoms with Crippen LogP contribution in [0.4, 0.5) is 0 Å². The summed E-state index contributed by atoms with van der Waals surface area (Å²) in [5.41, 5.74) is 0. The number of carbonyl (C=O) groups excluding carboxylic acids is 3. The zero-order valence-corrected chi connectivity index (χ0v) is 45.8. The third kappa shape index (κ3) is 55.3. The summed E-state index contributed by atoms with van der Waals surface area (Å²) in [6.07, 6.45) is 76.8. The van der Waals surface area contributed by atoms with E-state index in [0.717, 1.165) is 122 Å². The molecular formula is C64H108O6. The van der Waals surface area contributed by atoms with Gasteiger partial charge >= 0.3 is 17.9 Å². The van der Waals surface area contributed by atoms with Crippen molar-refractivity contribution in [2.45, 2.75) is 277 Å². The number of esters is 3. The fraction of sp³-hybridized carbons (Fsp3) is 0.703. The molecule has 0 aliphatic carbocycles. The molecule has 0 aromatic heterocycles. The van der Waals surface area contributed by atoms with Gasteiger partial charge in [0, 0.05) is 19.3 Å². The molecule has 1 unspecified atom stereocenters. The van der Waals surface area contributed by atoms with E-state index >= 15 is 0 Å². The highest BCUT2D eigenvalue weighted by molar-refractivity contribution is 5.71. The molecule has 0 bridgehead atoms. The van der Waals surface area contributed by atoms with Crippen LogP contribution in [0.3, 0.4) is 0 Å². The van der Waals surface area contributed by atoms with Crippen LogP contribution in [0.2, 0.25) is 0 Å². The molecule has 0 saturated heterocycles. The predicted molar refractivity (Wildman–Crippen MR) is 302 cm³/mol. The first kappa shape index (κ1) is 66.3. The highest BCUT2D eigenvalue weighted by Crippen LogP contribution is 2.15. The van der Waals surface area contributed by atoms with E-state index in [0.29, 0.717) is 19.3 Å². The third-order valence-corrected chi connectivity index (χ3v) is 12.3. The molecule has 0 saturated carbocycles. The Morgan fingerprint density at radius 2 is 0.557 bits per heavy atom. The van der Waals surface area contributed by atoms with Gasteiger partial charge < -0.3 is 14.2 Å². The van der Waals surface area contributed by atoms with Gasteiger partial charge in [-0.2, -0.15) is 0 Å². The quantitative estimate of drug-likeness (QED) is 0.0262. The lowest BCUT2D eigenvalue weighted by Gasteiger charge is -2.18. The van der Waals surface area contributed by atoms with Crippen LogP contribution in [0, 0.1) is 0 Å². The molecule has 0 heterocycles. The van der Waals surface area contributed by atoms with Gasteiger partial charge in [0.25, 0.3) is 0 Å². The molecule has 0 N–H and O–H groups in total. The lowest BCUT2D eigenvalue weighted by molar-refractivity contribution is -0.167. The summed E-state index contributed by atoms with van der Waals surface area (Å²) < 4.78 is 16.8. The highest BCUT2D eigenvalue weighted by atomic mass is 16.6. The molecule has 1 atom stereocenters. The molecular weight excluding hydrogens is 865 g/mol. The molecule has 70 heavy (non-hydrogen) atoms. The summed E-state index contributed by atoms with van der Waals surface area (Å²) in [6.45, 7) is 6.49. The van der Waals surface area contributed by atoms with Crippen molar-refractivity contribution in [3.8, 4) is 0 Å². The summed E-state index contributed by atoms with van der Waals surface area (Å²) in [5, 5.41) is 0. The monoisotopic (exact) mass is 973 g/mol. The minimum atomic E-state index is -0.795. The Morgan fingerprint density at radius 1 is 0.300 bits per heavy atom. The Labute approximate surface area is 432 Å². The lowest BCUT2D eigenvalue weighted by Crippen LogP contribution is -2.30. The summed E-state index contributed by atoms with van der Waals surface area (Å²) >= 11 is 0. The van der Waals surface area contributed by atoms with E-state index in [-0.39, 0.29) is 31.1 Å². The average Bonchev–Trinajstić information content (AvgIpc) is 3.36. The second kappa shape index (κ2) is 57.9. The van der Waals surface area contributed by atoms with Crippen molar-refractivity contribution in [1.29, 1.82) is 0 Å². The van der Waals surface area contributed by atoms with Crippen LogP contribution in [-0.4, -0.2) is 37.2 Å². The van der Waals surface area contributed by atoms with Gasteiger partial charge in [-0.1, -0.05) is 246 Å². The molecule has 400 valence electrons. The van der Waals surface area contributed by atoms with Crippen molar-refractivity contribution in [3.63, 3.8) is 0 Å². The van der Waals surface area contributed by atoms with Gasteiger partial charge in [-0.3, -0.25) is 14.4 Å². The Morgan fingerprint density at radius 3 is 0.900 bits per heavy atom. The molecule has 0 aliphatic rings. The molecule has 0 aliphatic heterocycles. The zero-order chi connectivity index (χ0) is 50.7. The van der Waals surface area contributed by atoms with Gasteiger partial charge in [-0.15, -0.1) is 0 Å². The Balaban J connectivity index is 4.40. The predicted octanol–water partition coefficient (Wildman–Crippen LogP) is 19.7. The SMILES string of the molecule is CC/C=C\C/C=C\C/C=C\C/C=C\C/C=C\C/C=C\C/C=C\CCCCCC(=O)OCC(COC(=O)CCCCCCCCCCCCCCC)OC(=O)CCCCCCC/C=C\CCCCCCC. The zero-order valence-electron chi connectivity index (χ0n) is 45.8. The summed E-state index contributed by atoms with van der Waals surface area (Å²) in [4.78, 5) is 38.1. The first-order valence-corrected chi connectivity index (χ1v) is 29.2. The minimum absolute atomic E-state index is 0.0898. The van der Waals surface area contributed by atoms with Gasteiger partial charge in [0.15, 0.2) is 6.10 Å². The van der Waals surface area contributed by atoms with Crippen LogP contribution in [-0.2, 0) is 28.6 Å². The topological polar surface area (TPSA) is 78.9 Å². The van der Waals surface area contributed by atoms with Gasteiger partial charge in [-0.25, -0.2) is 0 Å². The van der Waals surface area contributed by atoms with Gasteiger partial charge in [0.1, 0.15) is 13.2 Å². The van der Waals surface area contributed by atoms with Crippen LogP contribution in [0.15, 0.2) is 97.2 Å². The second-order valence-electron chi connectivity index (χ2n) is 19.2. The van der Waals surface area contributed by atoms with Gasteiger partial charge in [-0.05, 0) is 103 Å². The fourth-order valence-corrected chi connectivity index (χ4v) is 7.95. The highest BCUT2D eigenvalue weighted by Gasteiger charge is 2.19. The number of allylic oxidation sites excluding steroid dienone is 16. The smallest absolute Gasteiger partial charge is 0.306 e. The molecule has 0 aromatic rings. The Hall–Kier alpha value is -3.67. The Bertz CT molecular complexity index is 1400. The molecule has 6 heteroatoms. The molecule has 0 aromatic carbocycles. The molecule has 0 amide bonds. The number of carbonyl (C=O) groups is 3. The van der Waals surface area contributed by atoms with E-state index in [2.05, 4.69) is 118 Å². The van der Waals surface area contributed by atoms with Crippen molar-refractivity contribution in [3.05, 3.63) is 97.2 Å². The molecule has 0 spiro atoms. The number of unbranched alkanes of at least 4 members (excludes halogenated alkanes) is 25. The summed E-state index contributed by atoms with van der Waals surface area (Å²) in [6, 6.07) is 0. The maximum Gasteiger partial charge on any atom is 0.306 e. The van der Waals surface area contributed by atoms with E-state index in [4.69, 9.17) is 14.2 Å². The van der Waals surface area contributed by atoms with Gasteiger partial charge in [0.2, 0.25) is 0 Å².